The van der Waals surface area contributed by atoms with Gasteiger partial charge in [-0.25, -0.2) is 0 Å². The van der Waals surface area contributed by atoms with Crippen LogP contribution < -0.4 is 0 Å². The Labute approximate surface area is 102 Å². The number of hydrogen-bond donors (Lipinski definition) is 0. The fourth-order valence-electron chi connectivity index (χ4n) is 1.75. The van der Waals surface area contributed by atoms with E-state index in [1.807, 2.05) is 32.6 Å². The molecule has 1 fully saturated rings. The van der Waals surface area contributed by atoms with E-state index >= 15 is 0 Å². The molecule has 1 aliphatic rings. The van der Waals surface area contributed by atoms with Crippen molar-refractivity contribution in [1.29, 1.82) is 0 Å². The molecular formula is C14H31NO. The van der Waals surface area contributed by atoms with Crippen LogP contribution in [0.2, 0.25) is 0 Å². The van der Waals surface area contributed by atoms with E-state index in [9.17, 15) is 4.79 Å². The molecule has 0 aromatic heterocycles. The molecule has 1 heterocycles. The van der Waals surface area contributed by atoms with Gasteiger partial charge in [-0.05, 0) is 19.3 Å². The molecule has 2 unspecified atom stereocenters. The van der Waals surface area contributed by atoms with Gasteiger partial charge in [0.25, 0.3) is 0 Å². The van der Waals surface area contributed by atoms with Crippen LogP contribution in [0.25, 0.3) is 0 Å². The third kappa shape index (κ3) is 5.53. The van der Waals surface area contributed by atoms with E-state index in [4.69, 9.17) is 0 Å². The lowest BCUT2D eigenvalue weighted by atomic mass is 10.00. The summed E-state index contributed by atoms with van der Waals surface area (Å²) in [5.74, 6) is 0.981. The molecule has 0 radical (unpaired) electrons. The Morgan fingerprint density at radius 2 is 1.69 bits per heavy atom. The highest BCUT2D eigenvalue weighted by Gasteiger charge is 2.27. The molecule has 0 spiro atoms. The Balaban J connectivity index is 0. The molecule has 0 bridgehead atoms. The quantitative estimate of drug-likeness (QED) is 0.713. The van der Waals surface area contributed by atoms with Crippen molar-refractivity contribution in [1.82, 2.24) is 4.90 Å². The van der Waals surface area contributed by atoms with E-state index in [0.29, 0.717) is 17.9 Å². The molecule has 16 heavy (non-hydrogen) atoms. The van der Waals surface area contributed by atoms with Crippen LogP contribution in [0.5, 0.6) is 0 Å². The van der Waals surface area contributed by atoms with Crippen LogP contribution in [-0.2, 0) is 4.79 Å². The largest absolute Gasteiger partial charge is 0.340 e. The summed E-state index contributed by atoms with van der Waals surface area (Å²) in [4.78, 5) is 13.4. The topological polar surface area (TPSA) is 20.3 Å². The molecular weight excluding hydrogens is 198 g/mol. The maximum atomic E-state index is 11.4. The molecule has 1 rings (SSSR count). The first-order valence-electron chi connectivity index (χ1n) is 6.96. The molecule has 1 saturated heterocycles. The summed E-state index contributed by atoms with van der Waals surface area (Å²) < 4.78 is 0. The van der Waals surface area contributed by atoms with Crippen molar-refractivity contribution in [3.05, 3.63) is 0 Å². The first kappa shape index (κ1) is 17.9. The van der Waals surface area contributed by atoms with Crippen LogP contribution in [0.1, 0.15) is 67.7 Å². The van der Waals surface area contributed by atoms with Gasteiger partial charge in [-0.1, -0.05) is 48.0 Å². The normalized spacial score (nSPS) is 17.9. The molecule has 1 amide bonds. The van der Waals surface area contributed by atoms with Gasteiger partial charge in [0.1, 0.15) is 0 Å². The molecule has 1 aliphatic heterocycles. The van der Waals surface area contributed by atoms with Crippen LogP contribution in [0.3, 0.4) is 0 Å². The first-order chi connectivity index (χ1) is 7.66. The monoisotopic (exact) mass is 229 g/mol. The molecule has 0 aliphatic carbocycles. The van der Waals surface area contributed by atoms with Crippen LogP contribution in [0, 0.1) is 5.92 Å². The second-order valence-electron chi connectivity index (χ2n) is 3.82. The SMILES string of the molecule is CC.CC.CCC(C)C(C)N1CCCC1=O. The second kappa shape index (κ2) is 11.0. The number of rotatable bonds is 3. The lowest BCUT2D eigenvalue weighted by molar-refractivity contribution is -0.130. The van der Waals surface area contributed by atoms with Gasteiger partial charge < -0.3 is 4.90 Å². The van der Waals surface area contributed by atoms with Crippen molar-refractivity contribution in [3.8, 4) is 0 Å². The minimum Gasteiger partial charge on any atom is -0.340 e. The second-order valence-corrected chi connectivity index (χ2v) is 3.82. The number of carbonyl (C=O) groups excluding carboxylic acids is 1. The Hall–Kier alpha value is -0.530. The molecule has 0 N–H and O–H groups in total. The zero-order valence-corrected chi connectivity index (χ0v) is 12.3. The third-order valence-electron chi connectivity index (χ3n) is 3.07. The van der Waals surface area contributed by atoms with E-state index in [1.165, 1.54) is 0 Å². The summed E-state index contributed by atoms with van der Waals surface area (Å²) in [6.45, 7) is 15.5. The number of carbonyl (C=O) groups is 1. The number of likely N-dealkylation sites (tertiary alicyclic amines) is 1. The lowest BCUT2D eigenvalue weighted by Gasteiger charge is -2.28. The van der Waals surface area contributed by atoms with Crippen LogP contribution >= 0.6 is 0 Å². The third-order valence-corrected chi connectivity index (χ3v) is 3.07. The van der Waals surface area contributed by atoms with E-state index in [0.717, 1.165) is 25.8 Å². The summed E-state index contributed by atoms with van der Waals surface area (Å²) in [5.41, 5.74) is 0. The zero-order valence-electron chi connectivity index (χ0n) is 12.3. The number of hydrogen-bond acceptors (Lipinski definition) is 1. The average Bonchev–Trinajstić information content (AvgIpc) is 2.78. The highest BCUT2D eigenvalue weighted by molar-refractivity contribution is 5.78. The van der Waals surface area contributed by atoms with Crippen molar-refractivity contribution in [3.63, 3.8) is 0 Å². The predicted octanol–water partition coefficient (Wildman–Crippen LogP) is 4.10. The summed E-state index contributed by atoms with van der Waals surface area (Å²) in [6.07, 6.45) is 2.98. The predicted molar refractivity (Wildman–Crippen MR) is 72.6 cm³/mol. The number of nitrogens with zero attached hydrogens (tertiary/aromatic N) is 1. The lowest BCUT2D eigenvalue weighted by Crippen LogP contribution is -2.38. The van der Waals surface area contributed by atoms with E-state index in [-0.39, 0.29) is 0 Å². The molecule has 0 saturated carbocycles. The molecule has 0 aromatic carbocycles. The van der Waals surface area contributed by atoms with Gasteiger partial charge in [0.2, 0.25) is 5.91 Å². The fourth-order valence-corrected chi connectivity index (χ4v) is 1.75. The zero-order chi connectivity index (χ0) is 13.1. The Kier molecular flexibility index (Phi) is 12.2. The average molecular weight is 229 g/mol. The fraction of sp³-hybridized carbons (Fsp3) is 0.929. The number of amides is 1. The summed E-state index contributed by atoms with van der Waals surface area (Å²) >= 11 is 0. The Morgan fingerprint density at radius 3 is 2.00 bits per heavy atom. The van der Waals surface area contributed by atoms with Gasteiger partial charge in [-0.15, -0.1) is 0 Å². The minimum absolute atomic E-state index is 0.350. The maximum Gasteiger partial charge on any atom is 0.222 e. The van der Waals surface area contributed by atoms with Crippen molar-refractivity contribution in [2.45, 2.75) is 73.8 Å². The van der Waals surface area contributed by atoms with Crippen LogP contribution in [0.4, 0.5) is 0 Å². The highest BCUT2D eigenvalue weighted by atomic mass is 16.2. The van der Waals surface area contributed by atoms with Crippen molar-refractivity contribution in [2.24, 2.45) is 5.92 Å². The maximum absolute atomic E-state index is 11.4. The Morgan fingerprint density at radius 1 is 1.19 bits per heavy atom. The standard InChI is InChI=1S/C10H19NO.2C2H6/c1-4-8(2)9(3)11-7-5-6-10(11)12;2*1-2/h8-9H,4-7H2,1-3H3;2*1-2H3. The molecule has 2 heteroatoms. The molecule has 98 valence electrons. The molecule has 2 atom stereocenters. The highest BCUT2D eigenvalue weighted by Crippen LogP contribution is 2.20. The summed E-state index contributed by atoms with van der Waals surface area (Å²) in [5, 5.41) is 0. The van der Waals surface area contributed by atoms with Crippen molar-refractivity contribution < 1.29 is 4.79 Å². The van der Waals surface area contributed by atoms with E-state index in [2.05, 4.69) is 20.8 Å². The smallest absolute Gasteiger partial charge is 0.222 e. The summed E-state index contributed by atoms with van der Waals surface area (Å²) in [6, 6.07) is 0.435. The van der Waals surface area contributed by atoms with Gasteiger partial charge in [-0.3, -0.25) is 4.79 Å². The molecule has 2 nitrogen and oxygen atoms in total. The van der Waals surface area contributed by atoms with Gasteiger partial charge in [0.15, 0.2) is 0 Å². The van der Waals surface area contributed by atoms with Gasteiger partial charge in [0, 0.05) is 19.0 Å². The minimum atomic E-state index is 0.350. The van der Waals surface area contributed by atoms with Crippen LogP contribution in [0.15, 0.2) is 0 Å². The Bertz CT molecular complexity index is 168. The summed E-state index contributed by atoms with van der Waals surface area (Å²) in [7, 11) is 0. The molecule has 0 aromatic rings. The van der Waals surface area contributed by atoms with Gasteiger partial charge >= 0.3 is 0 Å². The van der Waals surface area contributed by atoms with Gasteiger partial charge in [0.05, 0.1) is 0 Å². The van der Waals surface area contributed by atoms with Gasteiger partial charge in [-0.2, -0.15) is 0 Å². The van der Waals surface area contributed by atoms with Crippen molar-refractivity contribution in [2.75, 3.05) is 6.54 Å². The van der Waals surface area contributed by atoms with E-state index < -0.39 is 0 Å². The van der Waals surface area contributed by atoms with E-state index in [1.54, 1.807) is 0 Å². The first-order valence-corrected chi connectivity index (χ1v) is 6.96. The van der Waals surface area contributed by atoms with Crippen molar-refractivity contribution >= 4 is 5.91 Å². The van der Waals surface area contributed by atoms with Crippen LogP contribution in [-0.4, -0.2) is 23.4 Å².